The Bertz CT molecular complexity index is 358. The summed E-state index contributed by atoms with van der Waals surface area (Å²) in [7, 11) is 0. The van der Waals surface area contributed by atoms with E-state index in [1.807, 2.05) is 4.68 Å². The lowest BCUT2D eigenvalue weighted by molar-refractivity contribution is 0.290. The summed E-state index contributed by atoms with van der Waals surface area (Å²) in [5.41, 5.74) is 5.95. The van der Waals surface area contributed by atoms with Crippen LogP contribution in [0.25, 0.3) is 0 Å². The molecule has 2 N–H and O–H groups in total. The van der Waals surface area contributed by atoms with E-state index in [0.717, 1.165) is 25.5 Å². The average Bonchev–Trinajstić information content (AvgIpc) is 2.86. The summed E-state index contributed by atoms with van der Waals surface area (Å²) in [4.78, 5) is 6.78. The van der Waals surface area contributed by atoms with E-state index < -0.39 is 0 Å². The summed E-state index contributed by atoms with van der Waals surface area (Å²) in [6, 6.07) is 0.669. The average molecular weight is 237 g/mol. The van der Waals surface area contributed by atoms with Crippen LogP contribution in [0.5, 0.6) is 0 Å². The molecule has 1 aliphatic rings. The highest BCUT2D eigenvalue weighted by atomic mass is 15.4. The minimum Gasteiger partial charge on any atom is -0.328 e. The lowest BCUT2D eigenvalue weighted by Gasteiger charge is -2.18. The Morgan fingerprint density at radius 2 is 2.24 bits per heavy atom. The van der Waals surface area contributed by atoms with Crippen LogP contribution in [0.3, 0.4) is 0 Å². The highest BCUT2D eigenvalue weighted by Gasteiger charge is 2.26. The van der Waals surface area contributed by atoms with Crippen molar-refractivity contribution in [2.24, 2.45) is 11.7 Å². The zero-order valence-electron chi connectivity index (χ0n) is 11.0. The molecule has 1 saturated heterocycles. The minimum atomic E-state index is 0.294. The van der Waals surface area contributed by atoms with E-state index in [-0.39, 0.29) is 0 Å². The van der Waals surface area contributed by atoms with Crippen LogP contribution in [0.2, 0.25) is 0 Å². The smallest absolute Gasteiger partial charge is 0.141 e. The molecule has 2 rings (SSSR count). The first kappa shape index (κ1) is 12.5. The molecule has 96 valence electrons. The second-order valence-corrected chi connectivity index (χ2v) is 5.36. The maximum Gasteiger partial charge on any atom is 0.141 e. The first-order valence-electron chi connectivity index (χ1n) is 6.44. The number of likely N-dealkylation sites (tertiary alicyclic amines) is 1. The van der Waals surface area contributed by atoms with Crippen LogP contribution in [0.4, 0.5) is 0 Å². The van der Waals surface area contributed by atoms with Gasteiger partial charge in [-0.15, -0.1) is 0 Å². The monoisotopic (exact) mass is 237 g/mol. The van der Waals surface area contributed by atoms with Gasteiger partial charge in [0.15, 0.2) is 0 Å². The van der Waals surface area contributed by atoms with E-state index in [9.17, 15) is 0 Å². The van der Waals surface area contributed by atoms with Crippen LogP contribution >= 0.6 is 0 Å². The molecule has 2 unspecified atom stereocenters. The van der Waals surface area contributed by atoms with Crippen molar-refractivity contribution >= 4 is 0 Å². The Labute approximate surface area is 103 Å². The Balaban J connectivity index is 1.96. The standard InChI is InChI=1S/C12H23N5/c1-9(2)17-12(14-8-15-17)7-16-5-4-11(6-16)10(3)13/h8-11H,4-7,13H2,1-3H3. The van der Waals surface area contributed by atoms with Crippen molar-refractivity contribution in [3.63, 3.8) is 0 Å². The molecule has 0 aliphatic carbocycles. The van der Waals surface area contributed by atoms with Gasteiger partial charge in [0.1, 0.15) is 12.2 Å². The van der Waals surface area contributed by atoms with Crippen LogP contribution in [0.1, 0.15) is 39.1 Å². The van der Waals surface area contributed by atoms with Gasteiger partial charge in [0, 0.05) is 18.6 Å². The fourth-order valence-electron chi connectivity index (χ4n) is 2.45. The van der Waals surface area contributed by atoms with Gasteiger partial charge in [-0.1, -0.05) is 0 Å². The highest BCUT2D eigenvalue weighted by Crippen LogP contribution is 2.20. The molecule has 1 aromatic heterocycles. The number of hydrogen-bond acceptors (Lipinski definition) is 4. The molecule has 17 heavy (non-hydrogen) atoms. The molecule has 2 atom stereocenters. The number of hydrogen-bond donors (Lipinski definition) is 1. The maximum absolute atomic E-state index is 5.95. The van der Waals surface area contributed by atoms with Gasteiger partial charge in [0.05, 0.1) is 6.54 Å². The lowest BCUT2D eigenvalue weighted by Crippen LogP contribution is -2.30. The van der Waals surface area contributed by atoms with Gasteiger partial charge in [0.25, 0.3) is 0 Å². The molecule has 0 bridgehead atoms. The van der Waals surface area contributed by atoms with Crippen molar-refractivity contribution in [1.82, 2.24) is 19.7 Å². The van der Waals surface area contributed by atoms with Crippen LogP contribution in [-0.2, 0) is 6.54 Å². The fourth-order valence-corrected chi connectivity index (χ4v) is 2.45. The van der Waals surface area contributed by atoms with E-state index in [0.29, 0.717) is 18.0 Å². The van der Waals surface area contributed by atoms with E-state index in [1.165, 1.54) is 6.42 Å². The molecule has 0 spiro atoms. The summed E-state index contributed by atoms with van der Waals surface area (Å²) in [6.45, 7) is 9.46. The molecule has 2 heterocycles. The molecule has 1 aromatic rings. The highest BCUT2D eigenvalue weighted by molar-refractivity contribution is 4.90. The van der Waals surface area contributed by atoms with Crippen LogP contribution in [0, 0.1) is 5.92 Å². The molecule has 0 saturated carbocycles. The number of rotatable bonds is 4. The van der Waals surface area contributed by atoms with E-state index in [1.54, 1.807) is 6.33 Å². The van der Waals surface area contributed by atoms with Crippen molar-refractivity contribution in [3.05, 3.63) is 12.2 Å². The van der Waals surface area contributed by atoms with Crippen LogP contribution in [0.15, 0.2) is 6.33 Å². The Kier molecular flexibility index (Phi) is 3.79. The minimum absolute atomic E-state index is 0.294. The summed E-state index contributed by atoms with van der Waals surface area (Å²) in [5.74, 6) is 1.69. The van der Waals surface area contributed by atoms with Gasteiger partial charge in [0.2, 0.25) is 0 Å². The normalized spacial score (nSPS) is 23.5. The maximum atomic E-state index is 5.95. The van der Waals surface area contributed by atoms with Crippen molar-refractivity contribution in [2.45, 2.75) is 45.8 Å². The molecule has 0 radical (unpaired) electrons. The lowest BCUT2D eigenvalue weighted by atomic mass is 10.0. The van der Waals surface area contributed by atoms with Crippen molar-refractivity contribution in [3.8, 4) is 0 Å². The van der Waals surface area contributed by atoms with Gasteiger partial charge >= 0.3 is 0 Å². The molecule has 5 nitrogen and oxygen atoms in total. The number of aromatic nitrogens is 3. The Hall–Kier alpha value is -0.940. The zero-order valence-corrected chi connectivity index (χ0v) is 11.0. The second kappa shape index (κ2) is 5.14. The largest absolute Gasteiger partial charge is 0.328 e. The summed E-state index contributed by atoms with van der Waals surface area (Å²) in [5, 5.41) is 4.27. The van der Waals surface area contributed by atoms with Gasteiger partial charge in [-0.05, 0) is 39.7 Å². The first-order chi connectivity index (χ1) is 8.08. The topological polar surface area (TPSA) is 60.0 Å². The summed E-state index contributed by atoms with van der Waals surface area (Å²) in [6.07, 6.45) is 2.85. The zero-order chi connectivity index (χ0) is 12.4. The molecule has 0 amide bonds. The Morgan fingerprint density at radius 1 is 1.47 bits per heavy atom. The first-order valence-corrected chi connectivity index (χ1v) is 6.44. The number of nitrogens with zero attached hydrogens (tertiary/aromatic N) is 4. The molecular weight excluding hydrogens is 214 g/mol. The Morgan fingerprint density at radius 3 is 2.82 bits per heavy atom. The van der Waals surface area contributed by atoms with Gasteiger partial charge in [-0.3, -0.25) is 4.90 Å². The molecule has 5 heteroatoms. The number of nitrogens with two attached hydrogens (primary N) is 1. The molecule has 0 aromatic carbocycles. The quantitative estimate of drug-likeness (QED) is 0.849. The second-order valence-electron chi connectivity index (χ2n) is 5.36. The van der Waals surface area contributed by atoms with Crippen LogP contribution in [-0.4, -0.2) is 38.8 Å². The molecule has 1 aliphatic heterocycles. The predicted molar refractivity (Wildman–Crippen MR) is 67.4 cm³/mol. The van der Waals surface area contributed by atoms with Gasteiger partial charge in [-0.2, -0.15) is 5.10 Å². The molecule has 1 fully saturated rings. The van der Waals surface area contributed by atoms with Gasteiger partial charge < -0.3 is 5.73 Å². The van der Waals surface area contributed by atoms with E-state index >= 15 is 0 Å². The third-order valence-corrected chi connectivity index (χ3v) is 3.55. The van der Waals surface area contributed by atoms with Crippen molar-refractivity contribution in [1.29, 1.82) is 0 Å². The van der Waals surface area contributed by atoms with E-state index in [2.05, 4.69) is 35.8 Å². The summed E-state index contributed by atoms with van der Waals surface area (Å²) < 4.78 is 2.00. The fraction of sp³-hybridized carbons (Fsp3) is 0.833. The van der Waals surface area contributed by atoms with Crippen molar-refractivity contribution in [2.75, 3.05) is 13.1 Å². The molecular formula is C12H23N5. The summed E-state index contributed by atoms with van der Waals surface area (Å²) >= 11 is 0. The van der Waals surface area contributed by atoms with E-state index in [4.69, 9.17) is 5.73 Å². The SMILES string of the molecule is CC(N)C1CCN(Cc2ncnn2C(C)C)C1. The predicted octanol–water partition coefficient (Wildman–Crippen LogP) is 1.03. The van der Waals surface area contributed by atoms with Crippen molar-refractivity contribution < 1.29 is 0 Å². The van der Waals surface area contributed by atoms with Gasteiger partial charge in [-0.25, -0.2) is 9.67 Å². The third kappa shape index (κ3) is 2.84. The third-order valence-electron chi connectivity index (χ3n) is 3.55. The van der Waals surface area contributed by atoms with Crippen LogP contribution < -0.4 is 5.73 Å².